The van der Waals surface area contributed by atoms with Gasteiger partial charge in [-0.15, -0.1) is 0 Å². The molecule has 1 rings (SSSR count). The number of nitrogen functional groups attached to an aromatic ring is 1. The Labute approximate surface area is 92.4 Å². The second-order valence-corrected chi connectivity index (χ2v) is 5.82. The van der Waals surface area contributed by atoms with Gasteiger partial charge in [-0.3, -0.25) is 9.11 Å². The summed E-state index contributed by atoms with van der Waals surface area (Å²) in [5, 5.41) is 0. The molecular weight excluding hydrogens is 258 g/mol. The van der Waals surface area contributed by atoms with E-state index in [1.807, 2.05) is 0 Å². The van der Waals surface area contributed by atoms with Crippen LogP contribution in [0.2, 0.25) is 0 Å². The number of hydrogen-bond donors (Lipinski definition) is 3. The molecule has 0 saturated heterocycles. The number of anilines is 1. The van der Waals surface area contributed by atoms with E-state index in [-0.39, 0.29) is 5.56 Å². The topological polar surface area (TPSA) is 135 Å². The van der Waals surface area contributed by atoms with Crippen LogP contribution in [0.1, 0.15) is 5.56 Å². The van der Waals surface area contributed by atoms with Crippen molar-refractivity contribution in [3.63, 3.8) is 0 Å². The maximum atomic E-state index is 11.0. The molecule has 0 fully saturated rings. The maximum Gasteiger partial charge on any atom is 0.297 e. The smallest absolute Gasteiger partial charge is 0.297 e. The van der Waals surface area contributed by atoms with Crippen LogP contribution in [0.4, 0.5) is 5.69 Å². The first-order chi connectivity index (χ1) is 7.05. The highest BCUT2D eigenvalue weighted by Crippen LogP contribution is 2.29. The van der Waals surface area contributed by atoms with Gasteiger partial charge in [0.25, 0.3) is 20.2 Å². The van der Waals surface area contributed by atoms with Gasteiger partial charge in [0, 0.05) is 0 Å². The first-order valence-electron chi connectivity index (χ1n) is 3.89. The molecule has 0 aliphatic heterocycles. The summed E-state index contributed by atoms with van der Waals surface area (Å²) in [6, 6.07) is 2.07. The first-order valence-corrected chi connectivity index (χ1v) is 6.77. The summed E-state index contributed by atoms with van der Waals surface area (Å²) in [6.45, 7) is 1.43. The Hall–Kier alpha value is -1.16. The molecule has 0 heterocycles. The van der Waals surface area contributed by atoms with Crippen molar-refractivity contribution in [3.8, 4) is 0 Å². The minimum atomic E-state index is -4.83. The van der Waals surface area contributed by atoms with Crippen LogP contribution < -0.4 is 5.73 Å². The van der Waals surface area contributed by atoms with Crippen LogP contribution in [0.25, 0.3) is 0 Å². The molecule has 0 radical (unpaired) electrons. The van der Waals surface area contributed by atoms with E-state index in [1.165, 1.54) is 13.0 Å². The average Bonchev–Trinajstić information content (AvgIpc) is 2.05. The van der Waals surface area contributed by atoms with E-state index >= 15 is 0 Å². The minimum absolute atomic E-state index is 0.264. The molecule has 0 spiro atoms. The Morgan fingerprint density at radius 3 is 1.94 bits per heavy atom. The van der Waals surface area contributed by atoms with Gasteiger partial charge in [-0.25, -0.2) is 0 Å². The molecule has 0 unspecified atom stereocenters. The van der Waals surface area contributed by atoms with Gasteiger partial charge in [-0.05, 0) is 18.6 Å². The maximum absolute atomic E-state index is 11.0. The molecular formula is C7H9NO6S2. The predicted molar refractivity (Wildman–Crippen MR) is 55.2 cm³/mol. The summed E-state index contributed by atoms with van der Waals surface area (Å²) in [7, 11) is -9.61. The lowest BCUT2D eigenvalue weighted by Gasteiger charge is -2.09. The highest BCUT2D eigenvalue weighted by molar-refractivity contribution is 7.89. The normalized spacial score (nSPS) is 12.7. The Bertz CT molecular complexity index is 631. The summed E-state index contributed by atoms with van der Waals surface area (Å²) < 4.78 is 61.4. The summed E-state index contributed by atoms with van der Waals surface area (Å²) >= 11 is 0. The Kier molecular flexibility index (Phi) is 2.98. The Morgan fingerprint density at radius 1 is 1.06 bits per heavy atom. The van der Waals surface area contributed by atoms with E-state index in [1.54, 1.807) is 0 Å². The van der Waals surface area contributed by atoms with Crippen molar-refractivity contribution in [2.24, 2.45) is 0 Å². The molecule has 1 aromatic carbocycles. The predicted octanol–water partition coefficient (Wildman–Crippen LogP) is 0.0706. The number of benzene rings is 1. The number of rotatable bonds is 2. The largest absolute Gasteiger partial charge is 0.397 e. The van der Waals surface area contributed by atoms with Crippen LogP contribution in [-0.2, 0) is 20.2 Å². The van der Waals surface area contributed by atoms with Crippen LogP contribution in [-0.4, -0.2) is 25.9 Å². The molecule has 7 nitrogen and oxygen atoms in total. The third-order valence-electron chi connectivity index (χ3n) is 1.91. The molecule has 0 aliphatic rings. The van der Waals surface area contributed by atoms with E-state index in [0.29, 0.717) is 0 Å². The first kappa shape index (κ1) is 12.9. The lowest BCUT2D eigenvalue weighted by molar-refractivity contribution is 0.467. The fraction of sp³-hybridized carbons (Fsp3) is 0.143. The van der Waals surface area contributed by atoms with Crippen molar-refractivity contribution in [2.45, 2.75) is 16.7 Å². The van der Waals surface area contributed by atoms with Gasteiger partial charge in [-0.1, -0.05) is 6.07 Å². The molecule has 0 atom stereocenters. The SMILES string of the molecule is Cc1ccc(S(=O)(=O)O)c(S(=O)(=O)O)c1N. The molecule has 4 N–H and O–H groups in total. The van der Waals surface area contributed by atoms with Gasteiger partial charge >= 0.3 is 0 Å². The van der Waals surface area contributed by atoms with Gasteiger partial charge in [-0.2, -0.15) is 16.8 Å². The second kappa shape index (κ2) is 3.70. The highest BCUT2D eigenvalue weighted by atomic mass is 32.2. The molecule has 0 bridgehead atoms. The van der Waals surface area contributed by atoms with E-state index in [0.717, 1.165) is 6.07 Å². The van der Waals surface area contributed by atoms with Crippen molar-refractivity contribution in [1.29, 1.82) is 0 Å². The molecule has 0 aliphatic carbocycles. The zero-order valence-corrected chi connectivity index (χ0v) is 9.71. The van der Waals surface area contributed by atoms with Gasteiger partial charge in [0.05, 0.1) is 5.69 Å². The molecule has 9 heteroatoms. The average molecular weight is 267 g/mol. The summed E-state index contributed by atoms with van der Waals surface area (Å²) in [5.74, 6) is 0. The molecule has 0 amide bonds. The summed E-state index contributed by atoms with van der Waals surface area (Å²) in [4.78, 5) is -1.95. The van der Waals surface area contributed by atoms with Crippen molar-refractivity contribution in [2.75, 3.05) is 5.73 Å². The van der Waals surface area contributed by atoms with Crippen LogP contribution in [0, 0.1) is 6.92 Å². The zero-order valence-electron chi connectivity index (χ0n) is 8.08. The van der Waals surface area contributed by atoms with Gasteiger partial charge in [0.2, 0.25) is 0 Å². The Morgan fingerprint density at radius 2 is 1.56 bits per heavy atom. The molecule has 1 aromatic rings. The molecule has 90 valence electrons. The third-order valence-corrected chi connectivity index (χ3v) is 3.89. The number of aryl methyl sites for hydroxylation is 1. The highest BCUT2D eigenvalue weighted by Gasteiger charge is 2.27. The van der Waals surface area contributed by atoms with E-state index < -0.39 is 35.7 Å². The van der Waals surface area contributed by atoms with E-state index in [2.05, 4.69) is 0 Å². The van der Waals surface area contributed by atoms with Crippen molar-refractivity contribution in [1.82, 2.24) is 0 Å². The summed E-state index contributed by atoms with van der Waals surface area (Å²) in [6.07, 6.45) is 0. The third kappa shape index (κ3) is 2.32. The lowest BCUT2D eigenvalue weighted by Crippen LogP contribution is -2.12. The fourth-order valence-electron chi connectivity index (χ4n) is 1.15. The zero-order chi connectivity index (χ0) is 12.7. The van der Waals surface area contributed by atoms with Gasteiger partial charge < -0.3 is 5.73 Å². The van der Waals surface area contributed by atoms with Crippen LogP contribution in [0.15, 0.2) is 21.9 Å². The van der Waals surface area contributed by atoms with Crippen LogP contribution in [0.5, 0.6) is 0 Å². The second-order valence-electron chi connectivity index (χ2n) is 3.07. The quantitative estimate of drug-likeness (QED) is 0.509. The molecule has 0 aromatic heterocycles. The van der Waals surface area contributed by atoms with Gasteiger partial charge in [0.1, 0.15) is 9.79 Å². The number of hydrogen-bond acceptors (Lipinski definition) is 5. The standard InChI is InChI=1S/C7H9NO6S2/c1-4-2-3-5(15(9,10)11)7(6(4)8)16(12,13)14/h2-3H,8H2,1H3,(H,9,10,11)(H,12,13,14). The minimum Gasteiger partial charge on any atom is -0.397 e. The number of nitrogens with two attached hydrogens (primary N) is 1. The van der Waals surface area contributed by atoms with E-state index in [4.69, 9.17) is 14.8 Å². The monoisotopic (exact) mass is 267 g/mol. The lowest BCUT2D eigenvalue weighted by atomic mass is 10.2. The van der Waals surface area contributed by atoms with Crippen molar-refractivity contribution in [3.05, 3.63) is 17.7 Å². The van der Waals surface area contributed by atoms with Crippen molar-refractivity contribution < 1.29 is 25.9 Å². The van der Waals surface area contributed by atoms with Crippen LogP contribution in [0.3, 0.4) is 0 Å². The Balaban J connectivity index is 3.88. The molecule has 0 saturated carbocycles. The summed E-state index contributed by atoms with van der Waals surface area (Å²) in [5.41, 5.74) is 5.20. The van der Waals surface area contributed by atoms with E-state index in [9.17, 15) is 16.8 Å². The van der Waals surface area contributed by atoms with Crippen LogP contribution >= 0.6 is 0 Å². The van der Waals surface area contributed by atoms with Crippen molar-refractivity contribution >= 4 is 25.9 Å². The van der Waals surface area contributed by atoms with Gasteiger partial charge in [0.15, 0.2) is 0 Å². The molecule has 16 heavy (non-hydrogen) atoms. The fourth-order valence-corrected chi connectivity index (χ4v) is 3.12.